The van der Waals surface area contributed by atoms with Crippen molar-refractivity contribution >= 4 is 5.91 Å². The van der Waals surface area contributed by atoms with Gasteiger partial charge in [-0.25, -0.2) is 0 Å². The topological polar surface area (TPSA) is 71.2 Å². The van der Waals surface area contributed by atoms with Gasteiger partial charge in [0, 0.05) is 17.3 Å². The minimum Gasteiger partial charge on any atom is -0.496 e. The lowest BCUT2D eigenvalue weighted by Gasteiger charge is -2.26. The molecule has 2 N–H and O–H groups in total. The maximum Gasteiger partial charge on any atom is 0.248 e. The molecular weight excluding hydrogens is 304 g/mol. The number of rotatable bonds is 4. The lowest BCUT2D eigenvalue weighted by Crippen LogP contribution is -2.33. The third-order valence-electron chi connectivity index (χ3n) is 4.45. The Bertz CT molecular complexity index is 810. The van der Waals surface area contributed by atoms with Crippen molar-refractivity contribution in [3.05, 3.63) is 63.1 Å². The predicted molar refractivity (Wildman–Crippen MR) is 92.3 cm³/mol. The maximum atomic E-state index is 12.5. The molecule has 1 aromatic carbocycles. The Morgan fingerprint density at radius 2 is 2.17 bits per heavy atom. The monoisotopic (exact) mass is 326 g/mol. The van der Waals surface area contributed by atoms with Crippen molar-refractivity contribution in [3.63, 3.8) is 0 Å². The van der Waals surface area contributed by atoms with E-state index in [-0.39, 0.29) is 23.9 Å². The van der Waals surface area contributed by atoms with Gasteiger partial charge in [-0.2, -0.15) is 0 Å². The number of nitrogens with one attached hydrogen (secondary N) is 2. The Balaban J connectivity index is 1.75. The fourth-order valence-corrected chi connectivity index (χ4v) is 3.31. The summed E-state index contributed by atoms with van der Waals surface area (Å²) in [4.78, 5) is 26.8. The van der Waals surface area contributed by atoms with Crippen LogP contribution in [-0.2, 0) is 17.6 Å². The minimum atomic E-state index is -0.0924. The number of H-pyrrole nitrogens is 1. The van der Waals surface area contributed by atoms with E-state index in [1.807, 2.05) is 31.2 Å². The third-order valence-corrected chi connectivity index (χ3v) is 4.45. The van der Waals surface area contributed by atoms with Gasteiger partial charge in [-0.05, 0) is 43.9 Å². The molecule has 1 atom stereocenters. The van der Waals surface area contributed by atoms with E-state index in [9.17, 15) is 9.59 Å². The maximum absolute atomic E-state index is 12.5. The first-order valence-electron chi connectivity index (χ1n) is 8.22. The average Bonchev–Trinajstić information content (AvgIpc) is 2.55. The van der Waals surface area contributed by atoms with Crippen LogP contribution in [0.25, 0.3) is 0 Å². The zero-order chi connectivity index (χ0) is 17.1. The Hall–Kier alpha value is -2.56. The Kier molecular flexibility index (Phi) is 4.69. The smallest absolute Gasteiger partial charge is 0.248 e. The van der Waals surface area contributed by atoms with Gasteiger partial charge in [0.25, 0.3) is 0 Å². The number of ether oxygens (including phenoxy) is 1. The molecule has 0 spiro atoms. The zero-order valence-electron chi connectivity index (χ0n) is 14.0. The molecule has 126 valence electrons. The number of carbonyl (C=O) groups is 1. The highest BCUT2D eigenvalue weighted by atomic mass is 16.5. The van der Waals surface area contributed by atoms with Crippen LogP contribution >= 0.6 is 0 Å². The molecule has 0 aliphatic heterocycles. The van der Waals surface area contributed by atoms with Crippen molar-refractivity contribution in [1.29, 1.82) is 0 Å². The Labute approximate surface area is 141 Å². The molecule has 1 aromatic heterocycles. The van der Waals surface area contributed by atoms with Crippen LogP contribution in [0.2, 0.25) is 0 Å². The van der Waals surface area contributed by atoms with Crippen LogP contribution in [0.5, 0.6) is 5.75 Å². The molecule has 24 heavy (non-hydrogen) atoms. The van der Waals surface area contributed by atoms with Gasteiger partial charge in [-0.3, -0.25) is 9.59 Å². The summed E-state index contributed by atoms with van der Waals surface area (Å²) in [6.45, 7) is 1.99. The summed E-state index contributed by atoms with van der Waals surface area (Å²) in [7, 11) is 1.61. The van der Waals surface area contributed by atoms with E-state index < -0.39 is 0 Å². The molecule has 0 bridgehead atoms. The molecule has 1 amide bonds. The first-order chi connectivity index (χ1) is 11.6. The third kappa shape index (κ3) is 3.50. The number of fused-ring (bicyclic) bond motifs is 1. The van der Waals surface area contributed by atoms with Gasteiger partial charge in [0.05, 0.1) is 19.6 Å². The van der Waals surface area contributed by atoms with Crippen LogP contribution in [0.3, 0.4) is 0 Å². The van der Waals surface area contributed by atoms with Crippen molar-refractivity contribution in [1.82, 2.24) is 10.3 Å². The molecule has 1 aliphatic carbocycles. The second-order valence-electron chi connectivity index (χ2n) is 6.26. The zero-order valence-corrected chi connectivity index (χ0v) is 14.0. The van der Waals surface area contributed by atoms with Crippen LogP contribution in [0.4, 0.5) is 0 Å². The van der Waals surface area contributed by atoms with Gasteiger partial charge in [-0.1, -0.05) is 17.7 Å². The first kappa shape index (κ1) is 16.3. The number of carbonyl (C=O) groups excluding carboxylic acids is 1. The lowest BCUT2D eigenvalue weighted by atomic mass is 9.91. The largest absolute Gasteiger partial charge is 0.496 e. The van der Waals surface area contributed by atoms with Crippen LogP contribution in [-0.4, -0.2) is 18.0 Å². The van der Waals surface area contributed by atoms with E-state index >= 15 is 0 Å². The molecule has 0 saturated heterocycles. The highest BCUT2D eigenvalue weighted by Crippen LogP contribution is 2.28. The molecule has 2 aromatic rings. The van der Waals surface area contributed by atoms with Crippen molar-refractivity contribution in [3.8, 4) is 5.75 Å². The number of aromatic amines is 1. The van der Waals surface area contributed by atoms with Crippen LogP contribution in [0.1, 0.15) is 41.3 Å². The highest BCUT2D eigenvalue weighted by Gasteiger charge is 2.22. The predicted octanol–water partition coefficient (Wildman–Crippen LogP) is 2.43. The number of aryl methyl sites for hydroxylation is 2. The fourth-order valence-electron chi connectivity index (χ4n) is 3.31. The highest BCUT2D eigenvalue weighted by molar-refractivity contribution is 5.80. The quantitative estimate of drug-likeness (QED) is 0.906. The molecular formula is C19H22N2O3. The molecule has 0 fully saturated rings. The standard InChI is InChI=1S/C19H22N2O3/c1-12-6-8-17(24-2)13(10-12)11-19(23)21-16-5-3-4-15-14(16)7-9-18(22)20-15/h6-10,16H,3-5,11H2,1-2H3,(H,20,22)(H,21,23). The first-order valence-corrected chi connectivity index (χ1v) is 8.22. The number of methoxy groups -OCH3 is 1. The Morgan fingerprint density at radius 3 is 2.96 bits per heavy atom. The van der Waals surface area contributed by atoms with Crippen molar-refractivity contribution in [2.75, 3.05) is 7.11 Å². The molecule has 0 saturated carbocycles. The molecule has 3 rings (SSSR count). The van der Waals surface area contributed by atoms with Crippen LogP contribution < -0.4 is 15.6 Å². The molecule has 1 unspecified atom stereocenters. The summed E-state index contributed by atoms with van der Waals surface area (Å²) >= 11 is 0. The second-order valence-corrected chi connectivity index (χ2v) is 6.26. The molecule has 5 heteroatoms. The summed E-state index contributed by atoms with van der Waals surface area (Å²) in [6.07, 6.45) is 2.96. The van der Waals surface area contributed by atoms with E-state index in [0.29, 0.717) is 0 Å². The Morgan fingerprint density at radius 1 is 1.33 bits per heavy atom. The number of hydrogen-bond acceptors (Lipinski definition) is 3. The lowest BCUT2D eigenvalue weighted by molar-refractivity contribution is -0.121. The van der Waals surface area contributed by atoms with E-state index in [1.165, 1.54) is 6.07 Å². The fraction of sp³-hybridized carbons (Fsp3) is 0.368. The average molecular weight is 326 g/mol. The van der Waals surface area contributed by atoms with Crippen LogP contribution in [0.15, 0.2) is 35.1 Å². The number of aromatic nitrogens is 1. The summed E-state index contributed by atoms with van der Waals surface area (Å²) in [6, 6.07) is 9.13. The van der Waals surface area contributed by atoms with Gasteiger partial charge in [-0.15, -0.1) is 0 Å². The van der Waals surface area contributed by atoms with Gasteiger partial charge in [0.1, 0.15) is 5.75 Å². The van der Waals surface area contributed by atoms with Gasteiger partial charge in [0.2, 0.25) is 11.5 Å². The minimum absolute atomic E-state index is 0.0389. The number of benzene rings is 1. The van der Waals surface area contributed by atoms with E-state index in [1.54, 1.807) is 7.11 Å². The van der Waals surface area contributed by atoms with E-state index in [0.717, 1.165) is 47.4 Å². The molecule has 1 heterocycles. The van der Waals surface area contributed by atoms with E-state index in [2.05, 4.69) is 10.3 Å². The van der Waals surface area contributed by atoms with E-state index in [4.69, 9.17) is 4.74 Å². The molecule has 5 nitrogen and oxygen atoms in total. The summed E-state index contributed by atoms with van der Waals surface area (Å²) in [5.74, 6) is 0.687. The van der Waals surface area contributed by atoms with Gasteiger partial charge < -0.3 is 15.0 Å². The van der Waals surface area contributed by atoms with Gasteiger partial charge in [0.15, 0.2) is 0 Å². The second kappa shape index (κ2) is 6.91. The summed E-state index contributed by atoms with van der Waals surface area (Å²) < 4.78 is 5.34. The number of hydrogen-bond donors (Lipinski definition) is 2. The summed E-state index contributed by atoms with van der Waals surface area (Å²) in [5, 5.41) is 3.10. The van der Waals surface area contributed by atoms with Crippen LogP contribution in [0, 0.1) is 6.92 Å². The number of pyridine rings is 1. The van der Waals surface area contributed by atoms with Crippen molar-refractivity contribution < 1.29 is 9.53 Å². The van der Waals surface area contributed by atoms with Gasteiger partial charge >= 0.3 is 0 Å². The van der Waals surface area contributed by atoms with Crippen molar-refractivity contribution in [2.45, 2.75) is 38.6 Å². The number of amides is 1. The SMILES string of the molecule is COc1ccc(C)cc1CC(=O)NC1CCCc2[nH]c(=O)ccc21. The summed E-state index contributed by atoms with van der Waals surface area (Å²) in [5.41, 5.74) is 3.84. The van der Waals surface area contributed by atoms with Crippen molar-refractivity contribution in [2.24, 2.45) is 0 Å². The molecule has 0 radical (unpaired) electrons. The molecule has 1 aliphatic rings. The normalized spacial score (nSPS) is 16.3.